The number of hydrogen-bond donors (Lipinski definition) is 8. The number of rotatable bonds is 4. The molecule has 1 spiro atoms. The number of carbonyl (C=O) groups excluding carboxylic acids is 3. The number of nitrogens with one attached hydrogen (secondary N) is 6. The van der Waals surface area contributed by atoms with E-state index in [1.807, 2.05) is 19.9 Å². The summed E-state index contributed by atoms with van der Waals surface area (Å²) < 4.78 is 6.00. The molecule has 14 nitrogen and oxygen atoms in total. The fourth-order valence-electron chi connectivity index (χ4n) is 6.39. The molecule has 5 aliphatic heterocycles. The number of fused-ring (bicyclic) bond motifs is 1. The number of hydrogen-bond acceptors (Lipinski definition) is 8. The standard InChI is InChI=1S/C24H30N8O6/c1-22(2)8-11-4-3-5-12(17(11)38-22)19(35)28-14-10-32-21(26)27-13(9-31-15(33)6-7-16(31)34)18-23(32,24(14,36)37)30-20(25)29-18/h3-5,13-14,18,36-37H,6-10H2,1-2H3,(H2,26,27)(H,28,35)(H3,25,29,30). The lowest BCUT2D eigenvalue weighted by Gasteiger charge is -2.51. The Kier molecular flexibility index (Phi) is 5.01. The van der Waals surface area contributed by atoms with Gasteiger partial charge in [0.1, 0.15) is 17.4 Å². The predicted octanol–water partition coefficient (Wildman–Crippen LogP) is -2.26. The Morgan fingerprint density at radius 3 is 2.61 bits per heavy atom. The zero-order chi connectivity index (χ0) is 27.2. The molecule has 6 rings (SSSR count). The number of likely N-dealkylation sites (tertiary alicyclic amines) is 1. The van der Waals surface area contributed by atoms with Crippen LogP contribution in [0, 0.1) is 10.8 Å². The van der Waals surface area contributed by atoms with Gasteiger partial charge in [0.2, 0.25) is 17.6 Å². The van der Waals surface area contributed by atoms with Crippen molar-refractivity contribution in [3.8, 4) is 5.75 Å². The van der Waals surface area contributed by atoms with Crippen molar-refractivity contribution in [3.63, 3.8) is 0 Å². The number of aliphatic hydroxyl groups is 2. The summed E-state index contributed by atoms with van der Waals surface area (Å²) in [7, 11) is 0. The average Bonchev–Trinajstić information content (AvgIpc) is 3.52. The van der Waals surface area contributed by atoms with Gasteiger partial charge in [-0.15, -0.1) is 0 Å². The predicted molar refractivity (Wildman–Crippen MR) is 131 cm³/mol. The van der Waals surface area contributed by atoms with E-state index in [4.69, 9.17) is 15.6 Å². The minimum Gasteiger partial charge on any atom is -0.486 e. The molecule has 3 amide bonds. The molecule has 5 heterocycles. The maximum atomic E-state index is 13.4. The number of para-hydroxylation sites is 1. The maximum Gasteiger partial charge on any atom is 0.255 e. The fraction of sp³-hybridized carbons (Fsp3) is 0.542. The van der Waals surface area contributed by atoms with Crippen LogP contribution in [0.4, 0.5) is 0 Å². The fourth-order valence-corrected chi connectivity index (χ4v) is 6.39. The number of amides is 3. The lowest BCUT2D eigenvalue weighted by Crippen LogP contribution is -2.81. The maximum absolute atomic E-state index is 13.4. The normalized spacial score (nSPS) is 32.2. The van der Waals surface area contributed by atoms with Crippen LogP contribution in [0.25, 0.3) is 0 Å². The van der Waals surface area contributed by atoms with E-state index in [0.717, 1.165) is 10.5 Å². The molecule has 4 atom stereocenters. The van der Waals surface area contributed by atoms with Gasteiger partial charge in [-0.05, 0) is 25.5 Å². The number of guanidine groups is 2. The van der Waals surface area contributed by atoms with Crippen LogP contribution in [0.2, 0.25) is 0 Å². The number of nitrogens with zero attached hydrogens (tertiary/aromatic N) is 2. The third-order valence-corrected chi connectivity index (χ3v) is 8.07. The topological polar surface area (TPSA) is 203 Å². The summed E-state index contributed by atoms with van der Waals surface area (Å²) in [5.74, 6) is -3.93. The van der Waals surface area contributed by atoms with Gasteiger partial charge < -0.3 is 41.1 Å². The molecule has 5 aliphatic rings. The third kappa shape index (κ3) is 3.29. The molecular weight excluding hydrogens is 496 g/mol. The summed E-state index contributed by atoms with van der Waals surface area (Å²) in [6.07, 6.45) is 0.808. The van der Waals surface area contributed by atoms with Crippen LogP contribution < -0.4 is 26.0 Å². The molecule has 4 saturated heterocycles. The second-order valence-electron chi connectivity index (χ2n) is 11.1. The quantitative estimate of drug-likeness (QED) is 0.156. The van der Waals surface area contributed by atoms with Crippen molar-refractivity contribution < 1.29 is 29.3 Å². The van der Waals surface area contributed by atoms with Crippen LogP contribution in [-0.2, 0) is 16.0 Å². The molecule has 0 bridgehead atoms. The molecule has 0 radical (unpaired) electrons. The van der Waals surface area contributed by atoms with Crippen molar-refractivity contribution in [2.24, 2.45) is 0 Å². The van der Waals surface area contributed by atoms with Crippen LogP contribution in [0.1, 0.15) is 42.6 Å². The highest BCUT2D eigenvalue weighted by molar-refractivity contribution is 6.02. The summed E-state index contributed by atoms with van der Waals surface area (Å²) in [4.78, 5) is 40.3. The van der Waals surface area contributed by atoms with E-state index in [2.05, 4.69) is 21.3 Å². The molecule has 8 N–H and O–H groups in total. The van der Waals surface area contributed by atoms with Crippen LogP contribution in [0.15, 0.2) is 18.2 Å². The Bertz CT molecular complexity index is 1280. The van der Waals surface area contributed by atoms with Gasteiger partial charge in [-0.3, -0.25) is 30.1 Å². The highest BCUT2D eigenvalue weighted by atomic mass is 16.5. The lowest BCUT2D eigenvalue weighted by molar-refractivity contribution is -0.232. The van der Waals surface area contributed by atoms with E-state index in [9.17, 15) is 24.6 Å². The van der Waals surface area contributed by atoms with Gasteiger partial charge in [-0.25, -0.2) is 0 Å². The summed E-state index contributed by atoms with van der Waals surface area (Å²) in [5, 5.41) is 51.3. The second-order valence-corrected chi connectivity index (χ2v) is 11.1. The first-order valence-electron chi connectivity index (χ1n) is 12.5. The summed E-state index contributed by atoms with van der Waals surface area (Å²) in [6, 6.07) is 2.17. The molecular formula is C24H30N8O6. The largest absolute Gasteiger partial charge is 0.486 e. The Hall–Kier alpha value is -3.91. The van der Waals surface area contributed by atoms with Crippen molar-refractivity contribution in [2.45, 2.75) is 68.3 Å². The smallest absolute Gasteiger partial charge is 0.255 e. The Morgan fingerprint density at radius 1 is 1.18 bits per heavy atom. The van der Waals surface area contributed by atoms with E-state index in [1.54, 1.807) is 12.1 Å². The molecule has 0 aromatic heterocycles. The second kappa shape index (κ2) is 7.80. The number of ether oxygens (including phenoxy) is 1. The van der Waals surface area contributed by atoms with E-state index in [0.29, 0.717) is 12.2 Å². The van der Waals surface area contributed by atoms with Gasteiger partial charge in [-0.2, -0.15) is 0 Å². The van der Waals surface area contributed by atoms with Gasteiger partial charge in [0.05, 0.1) is 24.2 Å². The molecule has 4 unspecified atom stereocenters. The van der Waals surface area contributed by atoms with Gasteiger partial charge >= 0.3 is 0 Å². The molecule has 0 saturated carbocycles. The van der Waals surface area contributed by atoms with E-state index < -0.39 is 41.1 Å². The zero-order valence-corrected chi connectivity index (χ0v) is 20.9. The molecule has 1 aromatic carbocycles. The molecule has 38 heavy (non-hydrogen) atoms. The molecule has 202 valence electrons. The van der Waals surface area contributed by atoms with E-state index in [-0.39, 0.29) is 55.2 Å². The van der Waals surface area contributed by atoms with Crippen molar-refractivity contribution in [1.82, 2.24) is 31.1 Å². The molecule has 4 fully saturated rings. The number of carbonyl (C=O) groups is 3. The first kappa shape index (κ1) is 24.4. The molecule has 1 aromatic rings. The van der Waals surface area contributed by atoms with Crippen molar-refractivity contribution in [1.29, 1.82) is 10.8 Å². The minimum absolute atomic E-state index is 0.0918. The molecule has 14 heteroatoms. The minimum atomic E-state index is -2.67. The van der Waals surface area contributed by atoms with Crippen LogP contribution in [0.3, 0.4) is 0 Å². The third-order valence-electron chi connectivity index (χ3n) is 8.07. The van der Waals surface area contributed by atoms with Crippen molar-refractivity contribution in [3.05, 3.63) is 29.3 Å². The van der Waals surface area contributed by atoms with Crippen LogP contribution in [-0.4, -0.2) is 97.9 Å². The monoisotopic (exact) mass is 526 g/mol. The average molecular weight is 527 g/mol. The summed E-state index contributed by atoms with van der Waals surface area (Å²) in [6.45, 7) is 3.54. The highest BCUT2D eigenvalue weighted by Crippen LogP contribution is 2.44. The number of benzene rings is 1. The lowest BCUT2D eigenvalue weighted by atomic mass is 9.84. The van der Waals surface area contributed by atoms with E-state index in [1.165, 1.54) is 4.90 Å². The van der Waals surface area contributed by atoms with Crippen LogP contribution in [0.5, 0.6) is 5.75 Å². The Labute approximate surface area is 217 Å². The Balaban J connectivity index is 1.30. The molecule has 0 aliphatic carbocycles. The summed E-state index contributed by atoms with van der Waals surface area (Å²) in [5.41, 5.74) is -1.19. The Morgan fingerprint density at radius 2 is 1.89 bits per heavy atom. The SMILES string of the molecule is CC1(C)Cc2cccc(C(=O)NC3CN4C(=N)NC(CN5C(=O)CCC5=O)C5NC(=N)NC54C3(O)O)c2O1. The van der Waals surface area contributed by atoms with Crippen molar-refractivity contribution >= 4 is 29.6 Å². The van der Waals surface area contributed by atoms with Gasteiger partial charge in [0, 0.05) is 25.8 Å². The van der Waals surface area contributed by atoms with Gasteiger partial charge in [0.15, 0.2) is 17.6 Å². The first-order chi connectivity index (χ1) is 17.8. The first-order valence-corrected chi connectivity index (χ1v) is 12.5. The van der Waals surface area contributed by atoms with Gasteiger partial charge in [-0.1, -0.05) is 12.1 Å². The van der Waals surface area contributed by atoms with E-state index >= 15 is 0 Å². The summed E-state index contributed by atoms with van der Waals surface area (Å²) >= 11 is 0. The van der Waals surface area contributed by atoms with Gasteiger partial charge in [0.25, 0.3) is 5.91 Å². The number of imide groups is 1. The van der Waals surface area contributed by atoms with Crippen LogP contribution >= 0.6 is 0 Å². The van der Waals surface area contributed by atoms with Crippen molar-refractivity contribution in [2.75, 3.05) is 13.1 Å². The highest BCUT2D eigenvalue weighted by Gasteiger charge is 2.74. The zero-order valence-electron chi connectivity index (χ0n) is 20.9.